The van der Waals surface area contributed by atoms with Crippen molar-refractivity contribution in [2.45, 2.75) is 11.3 Å². The van der Waals surface area contributed by atoms with Gasteiger partial charge in [0.25, 0.3) is 0 Å². The highest BCUT2D eigenvalue weighted by Gasteiger charge is 2.19. The van der Waals surface area contributed by atoms with Gasteiger partial charge in [-0.1, -0.05) is 0 Å². The minimum atomic E-state index is -3.91. The largest absolute Gasteiger partial charge is 0.398 e. The van der Waals surface area contributed by atoms with Gasteiger partial charge < -0.3 is 11.5 Å². The summed E-state index contributed by atoms with van der Waals surface area (Å²) >= 11 is 2.87. The average Bonchev–Trinajstić information content (AvgIpc) is 2.22. The molecule has 5 N–H and O–H groups in total. The lowest BCUT2D eigenvalue weighted by atomic mass is 10.3. The van der Waals surface area contributed by atoms with Gasteiger partial charge in [-0.25, -0.2) is 17.5 Å². The fourth-order valence-electron chi connectivity index (χ4n) is 1.16. The highest BCUT2D eigenvalue weighted by Crippen LogP contribution is 2.25. The monoisotopic (exact) mass is 339 g/mol. The van der Waals surface area contributed by atoms with E-state index in [0.717, 1.165) is 12.1 Å². The van der Waals surface area contributed by atoms with Crippen molar-refractivity contribution >= 4 is 37.5 Å². The van der Waals surface area contributed by atoms with E-state index in [1.165, 1.54) is 0 Å². The second-order valence-corrected chi connectivity index (χ2v) is 6.01. The van der Waals surface area contributed by atoms with Crippen LogP contribution in [-0.2, 0) is 14.8 Å². The number of rotatable bonds is 5. The fraction of sp³-hybridized carbons (Fsp3) is 0.222. The van der Waals surface area contributed by atoms with Crippen molar-refractivity contribution in [2.75, 3.05) is 12.3 Å². The number of nitrogens with one attached hydrogen (secondary N) is 1. The van der Waals surface area contributed by atoms with Gasteiger partial charge in [0, 0.05) is 13.0 Å². The van der Waals surface area contributed by atoms with Gasteiger partial charge in [0.2, 0.25) is 15.9 Å². The molecule has 6 nitrogen and oxygen atoms in total. The fourth-order valence-corrected chi connectivity index (χ4v) is 2.83. The van der Waals surface area contributed by atoms with E-state index in [-0.39, 0.29) is 28.0 Å². The normalized spacial score (nSPS) is 11.4. The number of nitrogen functional groups attached to an aromatic ring is 1. The molecular formula is C9H11BrFN3O3S. The standard InChI is InChI=1S/C9H11BrFN3O3S/c10-5-3-8(7(12)4-6(5)11)18(16,17)14-2-1-9(13)15/h3-4,14H,1-2,12H2,(H2,13,15). The van der Waals surface area contributed by atoms with Gasteiger partial charge in [0.1, 0.15) is 10.7 Å². The van der Waals surface area contributed by atoms with Gasteiger partial charge in [-0.3, -0.25) is 4.79 Å². The van der Waals surface area contributed by atoms with E-state index in [1.54, 1.807) is 0 Å². The van der Waals surface area contributed by atoms with Crippen molar-refractivity contribution in [1.29, 1.82) is 0 Å². The number of nitrogens with two attached hydrogens (primary N) is 2. The lowest BCUT2D eigenvalue weighted by Crippen LogP contribution is -2.28. The predicted octanol–water partition coefficient (Wildman–Crippen LogP) is 0.324. The number of halogens is 2. The molecular weight excluding hydrogens is 329 g/mol. The lowest BCUT2D eigenvalue weighted by molar-refractivity contribution is -0.117. The molecule has 0 saturated heterocycles. The molecule has 0 spiro atoms. The van der Waals surface area contributed by atoms with Crippen molar-refractivity contribution < 1.29 is 17.6 Å². The second-order valence-electron chi connectivity index (χ2n) is 3.42. The van der Waals surface area contributed by atoms with Crippen molar-refractivity contribution in [3.63, 3.8) is 0 Å². The highest BCUT2D eigenvalue weighted by molar-refractivity contribution is 9.10. The van der Waals surface area contributed by atoms with Crippen LogP contribution < -0.4 is 16.2 Å². The Kier molecular flexibility index (Phi) is 4.65. The minimum absolute atomic E-state index is 0.0213. The quantitative estimate of drug-likeness (QED) is 0.670. The Balaban J connectivity index is 2.98. The minimum Gasteiger partial charge on any atom is -0.398 e. The van der Waals surface area contributed by atoms with Gasteiger partial charge in [-0.05, 0) is 28.1 Å². The lowest BCUT2D eigenvalue weighted by Gasteiger charge is -2.09. The highest BCUT2D eigenvalue weighted by atomic mass is 79.9. The summed E-state index contributed by atoms with van der Waals surface area (Å²) in [4.78, 5) is 10.2. The van der Waals surface area contributed by atoms with Crippen LogP contribution in [0.3, 0.4) is 0 Å². The first-order chi connectivity index (χ1) is 8.24. The summed E-state index contributed by atoms with van der Waals surface area (Å²) < 4.78 is 38.8. The van der Waals surface area contributed by atoms with Crippen LogP contribution in [0.4, 0.5) is 10.1 Å². The molecule has 1 rings (SSSR count). The molecule has 100 valence electrons. The molecule has 0 aliphatic rings. The van der Waals surface area contributed by atoms with Crippen molar-refractivity contribution in [3.8, 4) is 0 Å². The number of carbonyl (C=O) groups excluding carboxylic acids is 1. The molecule has 0 saturated carbocycles. The zero-order valence-corrected chi connectivity index (χ0v) is 11.5. The Morgan fingerprint density at radius 1 is 1.44 bits per heavy atom. The molecule has 1 aromatic rings. The van der Waals surface area contributed by atoms with E-state index in [2.05, 4.69) is 20.7 Å². The summed E-state index contributed by atoms with van der Waals surface area (Å²) in [6.45, 7) is -0.147. The van der Waals surface area contributed by atoms with Gasteiger partial charge >= 0.3 is 0 Å². The SMILES string of the molecule is NC(=O)CCNS(=O)(=O)c1cc(Br)c(F)cc1N. The van der Waals surface area contributed by atoms with E-state index in [0.29, 0.717) is 0 Å². The van der Waals surface area contributed by atoms with E-state index in [9.17, 15) is 17.6 Å². The Bertz CT molecular complexity index is 577. The molecule has 0 fully saturated rings. The molecule has 0 aliphatic heterocycles. The smallest absolute Gasteiger partial charge is 0.242 e. The molecule has 0 radical (unpaired) electrons. The van der Waals surface area contributed by atoms with Crippen LogP contribution in [0.15, 0.2) is 21.5 Å². The average molecular weight is 340 g/mol. The van der Waals surface area contributed by atoms with Crippen LogP contribution in [0.1, 0.15) is 6.42 Å². The topological polar surface area (TPSA) is 115 Å². The maximum atomic E-state index is 13.1. The zero-order chi connectivity index (χ0) is 13.9. The molecule has 1 amide bonds. The Morgan fingerprint density at radius 2 is 2.06 bits per heavy atom. The number of sulfonamides is 1. The third-order valence-corrected chi connectivity index (χ3v) is 4.13. The second kappa shape index (κ2) is 5.63. The maximum absolute atomic E-state index is 13.1. The van der Waals surface area contributed by atoms with Crippen LogP contribution in [-0.4, -0.2) is 20.9 Å². The Morgan fingerprint density at radius 3 is 2.61 bits per heavy atom. The zero-order valence-electron chi connectivity index (χ0n) is 9.11. The first kappa shape index (κ1) is 14.9. The van der Waals surface area contributed by atoms with E-state index in [1.807, 2.05) is 0 Å². The van der Waals surface area contributed by atoms with Gasteiger partial charge in [0.05, 0.1) is 10.2 Å². The van der Waals surface area contributed by atoms with Crippen molar-refractivity contribution in [1.82, 2.24) is 4.72 Å². The molecule has 0 aliphatic carbocycles. The predicted molar refractivity (Wildman–Crippen MR) is 67.5 cm³/mol. The van der Waals surface area contributed by atoms with Gasteiger partial charge in [-0.2, -0.15) is 0 Å². The van der Waals surface area contributed by atoms with Gasteiger partial charge in [-0.15, -0.1) is 0 Å². The summed E-state index contributed by atoms with van der Waals surface area (Å²) in [5, 5.41) is 0. The summed E-state index contributed by atoms with van der Waals surface area (Å²) in [7, 11) is -3.91. The number of benzene rings is 1. The van der Waals surface area contributed by atoms with E-state index in [4.69, 9.17) is 11.5 Å². The molecule has 0 bridgehead atoms. The Hall–Kier alpha value is -1.19. The first-order valence-electron chi connectivity index (χ1n) is 4.76. The maximum Gasteiger partial charge on any atom is 0.242 e. The summed E-state index contributed by atoms with van der Waals surface area (Å²) in [5.74, 6) is -1.30. The molecule has 0 atom stereocenters. The number of amides is 1. The molecule has 0 heterocycles. The number of hydrogen-bond acceptors (Lipinski definition) is 4. The third-order valence-electron chi connectivity index (χ3n) is 2.01. The van der Waals surface area contributed by atoms with Crippen molar-refractivity contribution in [3.05, 3.63) is 22.4 Å². The molecule has 1 aromatic carbocycles. The third kappa shape index (κ3) is 3.65. The molecule has 18 heavy (non-hydrogen) atoms. The molecule has 9 heteroatoms. The summed E-state index contributed by atoms with van der Waals surface area (Å²) in [5.41, 5.74) is 10.1. The van der Waals surface area contributed by atoms with Crippen LogP contribution in [0, 0.1) is 5.82 Å². The number of carbonyl (C=O) groups is 1. The van der Waals surface area contributed by atoms with Crippen LogP contribution >= 0.6 is 15.9 Å². The molecule has 0 unspecified atom stereocenters. The van der Waals surface area contributed by atoms with Crippen LogP contribution in [0.5, 0.6) is 0 Å². The Labute approximate surface area is 112 Å². The van der Waals surface area contributed by atoms with E-state index < -0.39 is 21.7 Å². The van der Waals surface area contributed by atoms with E-state index >= 15 is 0 Å². The van der Waals surface area contributed by atoms with Crippen LogP contribution in [0.25, 0.3) is 0 Å². The molecule has 0 aromatic heterocycles. The van der Waals surface area contributed by atoms with Gasteiger partial charge in [0.15, 0.2) is 0 Å². The van der Waals surface area contributed by atoms with Crippen molar-refractivity contribution in [2.24, 2.45) is 5.73 Å². The first-order valence-corrected chi connectivity index (χ1v) is 7.04. The van der Waals surface area contributed by atoms with Crippen LogP contribution in [0.2, 0.25) is 0 Å². The number of hydrogen-bond donors (Lipinski definition) is 3. The number of anilines is 1. The summed E-state index contributed by atoms with van der Waals surface area (Å²) in [6.07, 6.45) is -0.137. The number of primary amides is 1. The summed E-state index contributed by atoms with van der Waals surface area (Å²) in [6, 6.07) is 1.95.